The van der Waals surface area contributed by atoms with E-state index in [4.69, 9.17) is 10.5 Å². The zero-order valence-electron chi connectivity index (χ0n) is 17.9. The molecule has 1 amide bonds. The summed E-state index contributed by atoms with van der Waals surface area (Å²) in [6.07, 6.45) is -1.15. The third-order valence-corrected chi connectivity index (χ3v) is 6.11. The summed E-state index contributed by atoms with van der Waals surface area (Å²) in [5, 5.41) is 0. The van der Waals surface area contributed by atoms with Gasteiger partial charge in [-0.05, 0) is 35.7 Å². The average Bonchev–Trinajstić information content (AvgIpc) is 3.19. The number of carbonyl (C=O) groups is 1. The Morgan fingerprint density at radius 1 is 1.24 bits per heavy atom. The lowest BCUT2D eigenvalue weighted by Gasteiger charge is -2.29. The molecule has 2 aromatic heterocycles. The van der Waals surface area contributed by atoms with Gasteiger partial charge in [0.1, 0.15) is 17.2 Å². The minimum absolute atomic E-state index is 0.00613. The number of nitrogens with zero attached hydrogens (tertiary/aromatic N) is 4. The fourth-order valence-corrected chi connectivity index (χ4v) is 4.36. The number of nitrogens with two attached hydrogens (primary N) is 1. The van der Waals surface area contributed by atoms with Gasteiger partial charge in [0.2, 0.25) is 0 Å². The Kier molecular flexibility index (Phi) is 5.16. The number of nitrogen functional groups attached to an aromatic ring is 1. The van der Waals surface area contributed by atoms with Crippen LogP contribution in [0.5, 0.6) is 0 Å². The van der Waals surface area contributed by atoms with Gasteiger partial charge in [0.05, 0.1) is 47.3 Å². The third kappa shape index (κ3) is 3.61. The van der Waals surface area contributed by atoms with Crippen LogP contribution in [-0.2, 0) is 17.5 Å². The summed E-state index contributed by atoms with van der Waals surface area (Å²) in [6, 6.07) is 5.30. The van der Waals surface area contributed by atoms with Gasteiger partial charge < -0.3 is 15.4 Å². The van der Waals surface area contributed by atoms with Gasteiger partial charge in [-0.3, -0.25) is 9.20 Å². The molecule has 0 saturated carbocycles. The number of aromatic nitrogens is 3. The summed E-state index contributed by atoms with van der Waals surface area (Å²) < 4.78 is 61.7. The molecule has 7 nitrogen and oxygen atoms in total. The first-order valence-corrected chi connectivity index (χ1v) is 10.4. The molecule has 0 spiro atoms. The highest BCUT2D eigenvalue weighted by Gasteiger charge is 2.34. The second kappa shape index (κ2) is 7.94. The van der Waals surface area contributed by atoms with Gasteiger partial charge in [-0.15, -0.1) is 0 Å². The van der Waals surface area contributed by atoms with E-state index in [1.54, 1.807) is 4.40 Å². The maximum absolute atomic E-state index is 15.0. The Labute approximate surface area is 190 Å². The van der Waals surface area contributed by atoms with Crippen LogP contribution < -0.4 is 5.73 Å². The van der Waals surface area contributed by atoms with Crippen LogP contribution >= 0.6 is 0 Å². The smallest absolute Gasteiger partial charge is 0.382 e. The predicted molar refractivity (Wildman–Crippen MR) is 115 cm³/mol. The van der Waals surface area contributed by atoms with Gasteiger partial charge in [0.15, 0.2) is 0 Å². The van der Waals surface area contributed by atoms with Crippen LogP contribution in [0.3, 0.4) is 0 Å². The average molecular weight is 473 g/mol. The fourth-order valence-electron chi connectivity index (χ4n) is 4.36. The Hall–Kier alpha value is -3.73. The topological polar surface area (TPSA) is 85.8 Å². The van der Waals surface area contributed by atoms with E-state index in [9.17, 15) is 18.0 Å². The standard InChI is InChI=1S/C23H19F4N5O2/c1-31(18-4-5-34-10-12-6-13(23(25,26)27)2-3-14(12)18)22(33)15-7-19-17(8-16(15)24)30-21(28)20-9-29-11-32(19)20/h2-3,6-9,11,18H,4-5,10H2,1H3,(H2,28,30)/t18-/m1/s1. The molecule has 176 valence electrons. The van der Waals surface area contributed by atoms with Crippen molar-refractivity contribution in [3.63, 3.8) is 0 Å². The summed E-state index contributed by atoms with van der Waals surface area (Å²) in [7, 11) is 1.50. The van der Waals surface area contributed by atoms with Crippen molar-refractivity contribution in [1.29, 1.82) is 0 Å². The van der Waals surface area contributed by atoms with Gasteiger partial charge >= 0.3 is 6.18 Å². The van der Waals surface area contributed by atoms with E-state index < -0.39 is 29.5 Å². The largest absolute Gasteiger partial charge is 0.416 e. The number of halogens is 4. The molecular formula is C23H19F4N5O2. The molecule has 2 N–H and O–H groups in total. The molecule has 2 aromatic carbocycles. The highest BCUT2D eigenvalue weighted by atomic mass is 19.4. The highest BCUT2D eigenvalue weighted by molar-refractivity contribution is 5.98. The summed E-state index contributed by atoms with van der Waals surface area (Å²) >= 11 is 0. The quantitative estimate of drug-likeness (QED) is 0.438. The number of hydrogen-bond acceptors (Lipinski definition) is 5. The number of benzene rings is 2. The number of anilines is 1. The lowest BCUT2D eigenvalue weighted by molar-refractivity contribution is -0.137. The van der Waals surface area contributed by atoms with Crippen molar-refractivity contribution in [3.05, 3.63) is 70.9 Å². The number of amides is 1. The van der Waals surface area contributed by atoms with Gasteiger partial charge in [-0.25, -0.2) is 14.4 Å². The molecule has 1 aliphatic rings. The van der Waals surface area contributed by atoms with Crippen LogP contribution in [0, 0.1) is 5.82 Å². The molecule has 0 unspecified atom stereocenters. The number of imidazole rings is 1. The molecule has 4 aromatic rings. The molecule has 11 heteroatoms. The highest BCUT2D eigenvalue weighted by Crippen LogP contribution is 2.36. The third-order valence-electron chi connectivity index (χ3n) is 6.11. The van der Waals surface area contributed by atoms with Crippen molar-refractivity contribution >= 4 is 28.3 Å². The van der Waals surface area contributed by atoms with E-state index in [0.717, 1.165) is 18.2 Å². The number of ether oxygens (including phenoxy) is 1. The van der Waals surface area contributed by atoms with Gasteiger partial charge in [0.25, 0.3) is 5.91 Å². The minimum atomic E-state index is -4.50. The van der Waals surface area contributed by atoms with E-state index in [-0.39, 0.29) is 30.1 Å². The summed E-state index contributed by atoms with van der Waals surface area (Å²) in [5.41, 5.74) is 7.01. The van der Waals surface area contributed by atoms with Crippen LogP contribution in [0.2, 0.25) is 0 Å². The van der Waals surface area contributed by atoms with Crippen molar-refractivity contribution in [2.24, 2.45) is 0 Å². The molecule has 0 saturated heterocycles. The van der Waals surface area contributed by atoms with Crippen LogP contribution in [-0.4, -0.2) is 38.8 Å². The maximum atomic E-state index is 15.0. The molecule has 3 heterocycles. The first-order valence-electron chi connectivity index (χ1n) is 10.4. The second-order valence-electron chi connectivity index (χ2n) is 8.15. The molecular weight excluding hydrogens is 454 g/mol. The maximum Gasteiger partial charge on any atom is 0.416 e. The van der Waals surface area contributed by atoms with Crippen molar-refractivity contribution in [1.82, 2.24) is 19.3 Å². The first kappa shape index (κ1) is 22.1. The van der Waals surface area contributed by atoms with E-state index in [0.29, 0.717) is 28.6 Å². The monoisotopic (exact) mass is 473 g/mol. The Balaban J connectivity index is 1.56. The predicted octanol–water partition coefficient (Wildman–Crippen LogP) is 4.36. The lowest BCUT2D eigenvalue weighted by Crippen LogP contribution is -2.32. The van der Waals surface area contributed by atoms with Crippen molar-refractivity contribution in [3.8, 4) is 0 Å². The number of hydrogen-bond donors (Lipinski definition) is 1. The molecule has 0 radical (unpaired) electrons. The van der Waals surface area contributed by atoms with Crippen molar-refractivity contribution in [2.45, 2.75) is 25.2 Å². The number of alkyl halides is 3. The molecule has 1 atom stereocenters. The molecule has 0 aliphatic carbocycles. The van der Waals surface area contributed by atoms with Gasteiger partial charge in [0, 0.05) is 19.7 Å². The number of carbonyl (C=O) groups excluding carboxylic acids is 1. The Morgan fingerprint density at radius 2 is 2.03 bits per heavy atom. The van der Waals surface area contributed by atoms with Crippen molar-refractivity contribution < 1.29 is 27.1 Å². The van der Waals surface area contributed by atoms with E-state index in [1.165, 1.54) is 36.6 Å². The van der Waals surface area contributed by atoms with Crippen LogP contribution in [0.1, 0.15) is 39.5 Å². The van der Waals surface area contributed by atoms with Crippen LogP contribution in [0.4, 0.5) is 23.4 Å². The summed E-state index contributed by atoms with van der Waals surface area (Å²) in [5.74, 6) is -1.23. The zero-order valence-corrected chi connectivity index (χ0v) is 17.9. The van der Waals surface area contributed by atoms with Crippen molar-refractivity contribution in [2.75, 3.05) is 19.4 Å². The van der Waals surface area contributed by atoms with Gasteiger partial charge in [-0.2, -0.15) is 13.2 Å². The summed E-state index contributed by atoms with van der Waals surface area (Å²) in [4.78, 5) is 23.0. The van der Waals surface area contributed by atoms with E-state index in [2.05, 4.69) is 9.97 Å². The lowest BCUT2D eigenvalue weighted by atomic mass is 9.95. The minimum Gasteiger partial charge on any atom is -0.382 e. The molecule has 0 fully saturated rings. The Morgan fingerprint density at radius 3 is 2.79 bits per heavy atom. The Bertz CT molecular complexity index is 1430. The normalized spacial score (nSPS) is 16.4. The summed E-state index contributed by atoms with van der Waals surface area (Å²) in [6.45, 7) is 0.227. The zero-order chi connectivity index (χ0) is 24.2. The molecule has 1 aliphatic heterocycles. The van der Waals surface area contributed by atoms with Crippen LogP contribution in [0.15, 0.2) is 42.9 Å². The van der Waals surface area contributed by atoms with E-state index in [1.807, 2.05) is 0 Å². The molecule has 5 rings (SSSR count). The van der Waals surface area contributed by atoms with E-state index >= 15 is 4.39 Å². The molecule has 34 heavy (non-hydrogen) atoms. The van der Waals surface area contributed by atoms with Crippen LogP contribution in [0.25, 0.3) is 16.6 Å². The fraction of sp³-hybridized carbons (Fsp3) is 0.261. The second-order valence-corrected chi connectivity index (χ2v) is 8.15. The number of rotatable bonds is 2. The number of fused-ring (bicyclic) bond motifs is 4. The molecule has 0 bridgehead atoms. The SMILES string of the molecule is CN(C(=O)c1cc2c(cc1F)nc(N)c1cncn12)[C@@H]1CCOCc2cc(C(F)(F)F)ccc21. The first-order chi connectivity index (χ1) is 16.1. The van der Waals surface area contributed by atoms with Gasteiger partial charge in [-0.1, -0.05) is 6.07 Å².